The number of hydrogen-bond acceptors (Lipinski definition) is 7. The maximum absolute atomic E-state index is 14.3. The number of hydrogen-bond donors (Lipinski definition) is 2. The van der Waals surface area contributed by atoms with Crippen molar-refractivity contribution in [2.45, 2.75) is 32.2 Å². The molecule has 0 fully saturated rings. The Balaban J connectivity index is 1.77. The lowest BCUT2D eigenvalue weighted by atomic mass is 9.94. The monoisotopic (exact) mass is 503 g/mol. The van der Waals surface area contributed by atoms with E-state index in [2.05, 4.69) is 15.3 Å². The molecule has 0 amide bonds. The summed E-state index contributed by atoms with van der Waals surface area (Å²) in [6.07, 6.45) is 3.15. The van der Waals surface area contributed by atoms with Gasteiger partial charge < -0.3 is 11.1 Å². The molecule has 0 bridgehead atoms. The van der Waals surface area contributed by atoms with Crippen molar-refractivity contribution in [1.29, 1.82) is 0 Å². The van der Waals surface area contributed by atoms with Crippen molar-refractivity contribution in [1.82, 2.24) is 14.5 Å². The summed E-state index contributed by atoms with van der Waals surface area (Å²) in [5.41, 5.74) is 7.42. The van der Waals surface area contributed by atoms with Crippen LogP contribution in [0.25, 0.3) is 16.6 Å². The highest BCUT2D eigenvalue weighted by Crippen LogP contribution is 2.34. The molecule has 0 saturated heterocycles. The zero-order valence-electron chi connectivity index (χ0n) is 19.7. The van der Waals surface area contributed by atoms with Gasteiger partial charge in [0.15, 0.2) is 9.84 Å². The summed E-state index contributed by atoms with van der Waals surface area (Å²) >= 11 is 0. The van der Waals surface area contributed by atoms with Gasteiger partial charge in [-0.3, -0.25) is 9.36 Å². The zero-order chi connectivity index (χ0) is 25.5. The average molecular weight is 504 g/mol. The predicted molar refractivity (Wildman–Crippen MR) is 132 cm³/mol. The topological polar surface area (TPSA) is 120 Å². The van der Waals surface area contributed by atoms with Crippen molar-refractivity contribution in [3.8, 4) is 0 Å². The van der Waals surface area contributed by atoms with Gasteiger partial charge in [0, 0.05) is 18.2 Å². The van der Waals surface area contributed by atoms with Crippen LogP contribution in [0.15, 0.2) is 41.5 Å². The van der Waals surface area contributed by atoms with Crippen molar-refractivity contribution in [2.24, 2.45) is 12.8 Å². The lowest BCUT2D eigenvalue weighted by Crippen LogP contribution is -2.27. The van der Waals surface area contributed by atoms with Crippen LogP contribution >= 0.6 is 0 Å². The van der Waals surface area contributed by atoms with Crippen molar-refractivity contribution >= 4 is 32.3 Å². The molecule has 3 heterocycles. The summed E-state index contributed by atoms with van der Waals surface area (Å²) in [6, 6.07) is 5.98. The molecule has 0 spiro atoms. The highest BCUT2D eigenvalue weighted by atomic mass is 32.2. The van der Waals surface area contributed by atoms with Gasteiger partial charge in [-0.15, -0.1) is 0 Å². The zero-order valence-corrected chi connectivity index (χ0v) is 20.5. The van der Waals surface area contributed by atoms with E-state index < -0.39 is 28.3 Å². The third-order valence-electron chi connectivity index (χ3n) is 6.46. The number of aryl methyl sites for hydroxylation is 1. The molecule has 35 heavy (non-hydrogen) atoms. The second kappa shape index (κ2) is 9.12. The van der Waals surface area contributed by atoms with Gasteiger partial charge in [0.25, 0.3) is 11.5 Å². The third-order valence-corrected chi connectivity index (χ3v) is 7.96. The van der Waals surface area contributed by atoms with E-state index in [0.717, 1.165) is 0 Å². The maximum atomic E-state index is 14.3. The van der Waals surface area contributed by atoms with Gasteiger partial charge in [0.05, 0.1) is 29.5 Å². The molecule has 1 atom stereocenters. The number of nitrogens with one attached hydrogen (secondary N) is 1. The number of fused-ring (bicyclic) bond motifs is 1. The molecular formula is C24H27F2N5O3S. The van der Waals surface area contributed by atoms with Gasteiger partial charge in [-0.1, -0.05) is 24.3 Å². The molecule has 3 aromatic rings. The minimum absolute atomic E-state index is 0.0174. The van der Waals surface area contributed by atoms with Gasteiger partial charge in [-0.25, -0.2) is 18.4 Å². The number of anilines is 1. The Kier molecular flexibility index (Phi) is 6.50. The van der Waals surface area contributed by atoms with Gasteiger partial charge in [-0.2, -0.15) is 8.78 Å². The Morgan fingerprint density at radius 2 is 2.03 bits per heavy atom. The van der Waals surface area contributed by atoms with E-state index >= 15 is 0 Å². The lowest BCUT2D eigenvalue weighted by molar-refractivity contribution is 0.00522. The Morgan fingerprint density at radius 1 is 1.29 bits per heavy atom. The summed E-state index contributed by atoms with van der Waals surface area (Å²) in [5, 5.41) is 3.83. The van der Waals surface area contributed by atoms with Crippen LogP contribution in [0.2, 0.25) is 0 Å². The lowest BCUT2D eigenvalue weighted by Gasteiger charge is -2.23. The number of benzene rings is 1. The molecular weight excluding hydrogens is 476 g/mol. The highest BCUT2D eigenvalue weighted by molar-refractivity contribution is 7.91. The first-order valence-corrected chi connectivity index (χ1v) is 13.0. The number of nitrogens with zero attached hydrogens (tertiary/aromatic N) is 3. The van der Waals surface area contributed by atoms with E-state index in [-0.39, 0.29) is 29.0 Å². The number of halogens is 2. The van der Waals surface area contributed by atoms with E-state index in [1.54, 1.807) is 38.2 Å². The Labute approximate surface area is 201 Å². The van der Waals surface area contributed by atoms with Crippen LogP contribution in [0, 0.1) is 6.92 Å². The van der Waals surface area contributed by atoms with Gasteiger partial charge in [0.1, 0.15) is 17.8 Å². The fraction of sp³-hybridized carbons (Fsp3) is 0.375. The van der Waals surface area contributed by atoms with Crippen LogP contribution in [0.4, 0.5) is 14.6 Å². The predicted octanol–water partition coefficient (Wildman–Crippen LogP) is 3.06. The molecule has 11 heteroatoms. The van der Waals surface area contributed by atoms with Gasteiger partial charge in [-0.05, 0) is 43.0 Å². The van der Waals surface area contributed by atoms with E-state index in [9.17, 15) is 22.0 Å². The quantitative estimate of drug-likeness (QED) is 0.530. The molecule has 1 aromatic carbocycles. The van der Waals surface area contributed by atoms with Crippen molar-refractivity contribution < 1.29 is 17.2 Å². The first kappa shape index (κ1) is 24.9. The molecule has 4 rings (SSSR count). The molecule has 0 unspecified atom stereocenters. The summed E-state index contributed by atoms with van der Waals surface area (Å²) in [6.45, 7) is 2.68. The van der Waals surface area contributed by atoms with Crippen LogP contribution in [0.1, 0.15) is 41.6 Å². The van der Waals surface area contributed by atoms with Crippen molar-refractivity contribution in [3.05, 3.63) is 69.3 Å². The number of aromatic nitrogens is 3. The van der Waals surface area contributed by atoms with E-state index in [0.29, 0.717) is 39.1 Å². The summed E-state index contributed by atoms with van der Waals surface area (Å²) < 4.78 is 53.7. The second-order valence-corrected chi connectivity index (χ2v) is 11.0. The first-order valence-electron chi connectivity index (χ1n) is 11.1. The Hall–Kier alpha value is -3.18. The van der Waals surface area contributed by atoms with Gasteiger partial charge in [0.2, 0.25) is 0 Å². The number of allylic oxidation sites excluding steroid dienone is 1. The molecule has 0 aliphatic carbocycles. The van der Waals surface area contributed by atoms with E-state index in [1.165, 1.54) is 17.0 Å². The van der Waals surface area contributed by atoms with Crippen LogP contribution < -0.4 is 16.6 Å². The molecule has 2 aromatic heterocycles. The molecule has 8 nitrogen and oxygen atoms in total. The Bertz CT molecular complexity index is 1500. The van der Waals surface area contributed by atoms with Crippen molar-refractivity contribution in [3.63, 3.8) is 0 Å². The molecule has 1 aliphatic rings. The second-order valence-electron chi connectivity index (χ2n) is 8.77. The van der Waals surface area contributed by atoms with Crippen LogP contribution in [0.3, 0.4) is 0 Å². The largest absolute Gasteiger partial charge is 0.363 e. The fourth-order valence-electron chi connectivity index (χ4n) is 4.45. The maximum Gasteiger partial charge on any atom is 0.285 e. The van der Waals surface area contributed by atoms with Crippen LogP contribution in [0.5, 0.6) is 0 Å². The number of sulfone groups is 1. The Morgan fingerprint density at radius 3 is 2.69 bits per heavy atom. The SMILES string of the molecule is Cc1c([C@@H](C)Nc2ncnc3c2cc(C2=CCS(=O)(=O)CC2)c(=O)n3C)cccc1C(F)(F)CN. The normalized spacial score (nSPS) is 16.7. The average Bonchev–Trinajstić information content (AvgIpc) is 2.82. The fourth-order valence-corrected chi connectivity index (χ4v) is 5.60. The van der Waals surface area contributed by atoms with Gasteiger partial charge >= 0.3 is 0 Å². The smallest absolute Gasteiger partial charge is 0.285 e. The van der Waals surface area contributed by atoms with E-state index in [1.807, 2.05) is 6.92 Å². The summed E-state index contributed by atoms with van der Waals surface area (Å²) in [4.78, 5) is 21.6. The third kappa shape index (κ3) is 4.70. The minimum atomic E-state index is -3.15. The minimum Gasteiger partial charge on any atom is -0.363 e. The molecule has 0 radical (unpaired) electrons. The summed E-state index contributed by atoms with van der Waals surface area (Å²) in [5.74, 6) is -2.84. The highest BCUT2D eigenvalue weighted by Gasteiger charge is 2.32. The van der Waals surface area contributed by atoms with Crippen LogP contribution in [-0.4, -0.2) is 41.0 Å². The van der Waals surface area contributed by atoms with Crippen LogP contribution in [-0.2, 0) is 22.8 Å². The molecule has 1 aliphatic heterocycles. The standard InChI is InChI=1S/C24H27F2N5O3S/c1-14-17(5-4-6-20(14)24(25,26)12-27)15(2)30-21-19-11-18(16-7-9-35(33,34)10-8-16)23(32)31(3)22(19)29-13-28-21/h4-7,11,13,15H,8-10,12,27H2,1-3H3,(H,28,29,30)/t15-/m1/s1. The van der Waals surface area contributed by atoms with Crippen molar-refractivity contribution in [2.75, 3.05) is 23.4 Å². The molecule has 0 saturated carbocycles. The number of rotatable bonds is 6. The number of nitrogens with two attached hydrogens (primary N) is 1. The first-order chi connectivity index (χ1) is 16.4. The molecule has 186 valence electrons. The summed E-state index contributed by atoms with van der Waals surface area (Å²) in [7, 11) is -1.55. The number of pyridine rings is 1. The number of alkyl halides is 2. The van der Waals surface area contributed by atoms with E-state index in [4.69, 9.17) is 5.73 Å². The molecule has 3 N–H and O–H groups in total.